The molecule has 0 fully saturated rings. The highest BCUT2D eigenvalue weighted by atomic mass is 19.4. The number of esters is 1. The van der Waals surface area contributed by atoms with Crippen LogP contribution in [0, 0.1) is 0 Å². The van der Waals surface area contributed by atoms with Crippen LogP contribution in [0.3, 0.4) is 0 Å². The van der Waals surface area contributed by atoms with E-state index in [0.29, 0.717) is 0 Å². The number of methoxy groups -OCH3 is 1. The van der Waals surface area contributed by atoms with Gasteiger partial charge in [-0.2, -0.15) is 13.2 Å². The zero-order valence-corrected chi connectivity index (χ0v) is 8.52. The Morgan fingerprint density at radius 3 is 2.40 bits per heavy atom. The second-order valence-corrected chi connectivity index (χ2v) is 3.31. The summed E-state index contributed by atoms with van der Waals surface area (Å²) < 4.78 is 39.4. The quantitative estimate of drug-likeness (QED) is 0.531. The van der Waals surface area contributed by atoms with Gasteiger partial charge in [-0.05, 0) is 6.92 Å². The van der Waals surface area contributed by atoms with Crippen LogP contribution in [0.5, 0.6) is 0 Å². The van der Waals surface area contributed by atoms with Crippen molar-refractivity contribution in [3.63, 3.8) is 0 Å². The van der Waals surface area contributed by atoms with Gasteiger partial charge in [0, 0.05) is 13.1 Å². The lowest BCUT2D eigenvalue weighted by molar-refractivity contribution is -0.160. The van der Waals surface area contributed by atoms with Crippen LogP contribution in [-0.2, 0) is 9.53 Å². The fourth-order valence-corrected chi connectivity index (χ4v) is 0.854. The summed E-state index contributed by atoms with van der Waals surface area (Å²) in [5, 5.41) is 11.7. The maximum absolute atomic E-state index is 11.7. The second-order valence-electron chi connectivity index (χ2n) is 3.31. The monoisotopic (exact) mass is 229 g/mol. The highest BCUT2D eigenvalue weighted by Gasteiger charge is 2.32. The van der Waals surface area contributed by atoms with Crippen LogP contribution < -0.4 is 5.32 Å². The first-order valence-corrected chi connectivity index (χ1v) is 4.27. The average Bonchev–Trinajstić information content (AvgIpc) is 2.09. The molecule has 0 saturated carbocycles. The summed E-state index contributed by atoms with van der Waals surface area (Å²) in [4.78, 5) is 10.9. The molecule has 2 N–H and O–H groups in total. The van der Waals surface area contributed by atoms with E-state index in [1.54, 1.807) is 0 Å². The van der Waals surface area contributed by atoms with Crippen molar-refractivity contribution < 1.29 is 27.8 Å². The van der Waals surface area contributed by atoms with Gasteiger partial charge in [-0.25, -0.2) is 4.79 Å². The second kappa shape index (κ2) is 5.32. The number of hydrogen-bond donors (Lipinski definition) is 2. The number of nitrogens with one attached hydrogen (secondary N) is 1. The van der Waals surface area contributed by atoms with Crippen molar-refractivity contribution in [3.8, 4) is 0 Å². The lowest BCUT2D eigenvalue weighted by atomic mass is 10.1. The van der Waals surface area contributed by atoms with Crippen LogP contribution in [0.25, 0.3) is 0 Å². The molecular weight excluding hydrogens is 215 g/mol. The lowest BCUT2D eigenvalue weighted by Gasteiger charge is -2.20. The minimum Gasteiger partial charge on any atom is -0.467 e. The first kappa shape index (κ1) is 14.2. The Hall–Kier alpha value is -0.820. The number of halogens is 3. The Morgan fingerprint density at radius 1 is 1.47 bits per heavy atom. The summed E-state index contributed by atoms with van der Waals surface area (Å²) in [6.45, 7) is 0.534. The van der Waals surface area contributed by atoms with E-state index >= 15 is 0 Å². The number of rotatable bonds is 5. The van der Waals surface area contributed by atoms with Gasteiger partial charge in [0.25, 0.3) is 0 Å². The number of ether oxygens (including phenoxy) is 1. The highest BCUT2D eigenvalue weighted by molar-refractivity contribution is 5.78. The van der Waals surface area contributed by atoms with E-state index in [1.807, 2.05) is 0 Å². The third kappa shape index (κ3) is 6.29. The van der Waals surface area contributed by atoms with Gasteiger partial charge in [-0.15, -0.1) is 0 Å². The molecule has 7 heteroatoms. The molecule has 0 bridgehead atoms. The highest BCUT2D eigenvalue weighted by Crippen LogP contribution is 2.18. The van der Waals surface area contributed by atoms with E-state index in [-0.39, 0.29) is 13.1 Å². The lowest BCUT2D eigenvalue weighted by Crippen LogP contribution is -2.46. The van der Waals surface area contributed by atoms with Crippen molar-refractivity contribution in [2.45, 2.75) is 25.1 Å². The fourth-order valence-electron chi connectivity index (χ4n) is 0.854. The van der Waals surface area contributed by atoms with Gasteiger partial charge < -0.3 is 15.2 Å². The molecule has 1 unspecified atom stereocenters. The zero-order chi connectivity index (χ0) is 12.1. The zero-order valence-electron chi connectivity index (χ0n) is 8.52. The van der Waals surface area contributed by atoms with Crippen LogP contribution in [0.2, 0.25) is 0 Å². The molecule has 4 nitrogen and oxygen atoms in total. The van der Waals surface area contributed by atoms with Crippen LogP contribution in [0.15, 0.2) is 0 Å². The maximum Gasteiger partial charge on any atom is 0.390 e. The summed E-state index contributed by atoms with van der Waals surface area (Å²) in [6.07, 6.45) is -5.26. The molecule has 0 aromatic carbocycles. The van der Waals surface area contributed by atoms with E-state index < -0.39 is 24.2 Å². The first-order chi connectivity index (χ1) is 6.69. The van der Waals surface area contributed by atoms with Crippen molar-refractivity contribution >= 4 is 5.97 Å². The van der Waals surface area contributed by atoms with Crippen molar-refractivity contribution in [3.05, 3.63) is 0 Å². The molecule has 0 aliphatic rings. The Morgan fingerprint density at radius 2 is 2.00 bits per heavy atom. The summed E-state index contributed by atoms with van der Waals surface area (Å²) >= 11 is 0. The predicted molar refractivity (Wildman–Crippen MR) is 46.2 cm³/mol. The number of carbonyl (C=O) groups is 1. The van der Waals surface area contributed by atoms with Crippen molar-refractivity contribution in [1.82, 2.24) is 5.32 Å². The van der Waals surface area contributed by atoms with Gasteiger partial charge in [0.05, 0.1) is 13.5 Å². The van der Waals surface area contributed by atoms with Gasteiger partial charge >= 0.3 is 12.1 Å². The van der Waals surface area contributed by atoms with Gasteiger partial charge in [-0.3, -0.25) is 0 Å². The molecule has 0 heterocycles. The molecule has 0 aliphatic heterocycles. The number of carbonyl (C=O) groups excluding carboxylic acids is 1. The van der Waals surface area contributed by atoms with E-state index in [4.69, 9.17) is 0 Å². The molecule has 0 rings (SSSR count). The van der Waals surface area contributed by atoms with Gasteiger partial charge in [-0.1, -0.05) is 0 Å². The minimum atomic E-state index is -4.25. The topological polar surface area (TPSA) is 58.6 Å². The average molecular weight is 229 g/mol. The molecule has 0 spiro atoms. The molecular formula is C8H14F3NO3. The SMILES string of the molecule is COC(=O)C(C)(O)CNCCC(F)(F)F. The van der Waals surface area contributed by atoms with Gasteiger partial charge in [0.15, 0.2) is 5.60 Å². The summed E-state index contributed by atoms with van der Waals surface area (Å²) in [5.74, 6) is -0.887. The summed E-state index contributed by atoms with van der Waals surface area (Å²) in [7, 11) is 1.09. The fraction of sp³-hybridized carbons (Fsp3) is 0.875. The third-order valence-electron chi connectivity index (χ3n) is 1.68. The number of aliphatic hydroxyl groups is 1. The van der Waals surface area contributed by atoms with Crippen molar-refractivity contribution in [1.29, 1.82) is 0 Å². The predicted octanol–water partition coefficient (Wildman–Crippen LogP) is 0.452. The van der Waals surface area contributed by atoms with E-state index in [1.165, 1.54) is 6.92 Å². The molecule has 0 aliphatic carbocycles. The summed E-state index contributed by atoms with van der Waals surface area (Å²) in [5.41, 5.74) is -1.81. The minimum absolute atomic E-state index is 0.282. The molecule has 15 heavy (non-hydrogen) atoms. The Labute approximate surface area is 85.4 Å². The van der Waals surface area contributed by atoms with E-state index in [9.17, 15) is 23.1 Å². The van der Waals surface area contributed by atoms with E-state index in [2.05, 4.69) is 10.1 Å². The smallest absolute Gasteiger partial charge is 0.390 e. The Kier molecular flexibility index (Phi) is 5.02. The van der Waals surface area contributed by atoms with Crippen LogP contribution >= 0.6 is 0 Å². The van der Waals surface area contributed by atoms with E-state index in [0.717, 1.165) is 7.11 Å². The van der Waals surface area contributed by atoms with Crippen molar-refractivity contribution in [2.24, 2.45) is 0 Å². The third-order valence-corrected chi connectivity index (χ3v) is 1.68. The first-order valence-electron chi connectivity index (χ1n) is 4.27. The molecule has 0 radical (unpaired) electrons. The molecule has 0 aromatic rings. The van der Waals surface area contributed by atoms with Crippen molar-refractivity contribution in [2.75, 3.05) is 20.2 Å². The standard InChI is InChI=1S/C8H14F3NO3/c1-7(14,6(13)15-2)5-12-4-3-8(9,10)11/h12,14H,3-5H2,1-2H3. The number of alkyl halides is 3. The Bertz CT molecular complexity index is 216. The Balaban J connectivity index is 3.81. The molecule has 0 amide bonds. The van der Waals surface area contributed by atoms with Gasteiger partial charge in [0.1, 0.15) is 0 Å². The van der Waals surface area contributed by atoms with Crippen LogP contribution in [0.1, 0.15) is 13.3 Å². The normalized spacial score (nSPS) is 15.9. The number of hydrogen-bond acceptors (Lipinski definition) is 4. The summed E-state index contributed by atoms with van der Waals surface area (Å²) in [6, 6.07) is 0. The van der Waals surface area contributed by atoms with Crippen LogP contribution in [0.4, 0.5) is 13.2 Å². The maximum atomic E-state index is 11.7. The molecule has 0 saturated heterocycles. The molecule has 0 aromatic heterocycles. The molecule has 90 valence electrons. The van der Waals surface area contributed by atoms with Gasteiger partial charge in [0.2, 0.25) is 0 Å². The van der Waals surface area contributed by atoms with Crippen LogP contribution in [-0.4, -0.2) is 43.1 Å². The molecule has 1 atom stereocenters. The largest absolute Gasteiger partial charge is 0.467 e.